The highest BCUT2D eigenvalue weighted by molar-refractivity contribution is 9.10. The number of hydrogen-bond donors (Lipinski definition) is 1. The molecule has 18 heavy (non-hydrogen) atoms. The summed E-state index contributed by atoms with van der Waals surface area (Å²) in [6, 6.07) is 8.64. The molecule has 1 N–H and O–H groups in total. The van der Waals surface area contributed by atoms with E-state index in [0.717, 1.165) is 16.1 Å². The Morgan fingerprint density at radius 2 is 2.11 bits per heavy atom. The normalized spacial score (nSPS) is 27.6. The minimum absolute atomic E-state index is 0.489. The molecule has 0 aliphatic heterocycles. The van der Waals surface area contributed by atoms with Crippen molar-refractivity contribution in [2.45, 2.75) is 39.2 Å². The number of rotatable bonds is 2. The molecule has 1 aromatic rings. The second-order valence-electron chi connectivity index (χ2n) is 5.42. The molecule has 2 rings (SSSR count). The van der Waals surface area contributed by atoms with E-state index in [9.17, 15) is 5.26 Å². The maximum absolute atomic E-state index is 9.22. The van der Waals surface area contributed by atoms with Crippen LogP contribution in [0.3, 0.4) is 0 Å². The standard InChI is InChI=1S/C15H19BrN2/c1-10-6-7-14(11(2)8-10)18-15-5-3-4-13(16)12(15)9-17/h3-5,10-11,14,18H,6-8H2,1-2H3. The van der Waals surface area contributed by atoms with Crippen molar-refractivity contribution in [2.24, 2.45) is 11.8 Å². The van der Waals surface area contributed by atoms with Gasteiger partial charge in [-0.05, 0) is 59.2 Å². The lowest BCUT2D eigenvalue weighted by atomic mass is 9.80. The fourth-order valence-corrected chi connectivity index (χ4v) is 3.29. The summed E-state index contributed by atoms with van der Waals surface area (Å²) >= 11 is 3.43. The number of benzene rings is 1. The molecule has 0 saturated heterocycles. The highest BCUT2D eigenvalue weighted by Gasteiger charge is 2.25. The molecule has 1 fully saturated rings. The van der Waals surface area contributed by atoms with Crippen LogP contribution in [0.5, 0.6) is 0 Å². The van der Waals surface area contributed by atoms with Gasteiger partial charge in [-0.25, -0.2) is 0 Å². The van der Waals surface area contributed by atoms with Gasteiger partial charge in [0.1, 0.15) is 6.07 Å². The highest BCUT2D eigenvalue weighted by atomic mass is 79.9. The van der Waals surface area contributed by atoms with Gasteiger partial charge >= 0.3 is 0 Å². The van der Waals surface area contributed by atoms with Crippen molar-refractivity contribution in [3.8, 4) is 6.07 Å². The summed E-state index contributed by atoms with van der Waals surface area (Å²) in [7, 11) is 0. The summed E-state index contributed by atoms with van der Waals surface area (Å²) in [6.45, 7) is 4.63. The van der Waals surface area contributed by atoms with Crippen LogP contribution in [-0.2, 0) is 0 Å². The molecular formula is C15H19BrN2. The van der Waals surface area contributed by atoms with Crippen molar-refractivity contribution in [3.05, 3.63) is 28.2 Å². The van der Waals surface area contributed by atoms with E-state index in [-0.39, 0.29) is 0 Å². The Morgan fingerprint density at radius 1 is 1.33 bits per heavy atom. The first-order valence-corrected chi connectivity index (χ1v) is 7.36. The number of nitriles is 1. The van der Waals surface area contributed by atoms with E-state index < -0.39 is 0 Å². The first-order valence-electron chi connectivity index (χ1n) is 6.57. The van der Waals surface area contributed by atoms with Gasteiger partial charge in [0.15, 0.2) is 0 Å². The molecule has 1 aromatic carbocycles. The van der Waals surface area contributed by atoms with Crippen molar-refractivity contribution in [1.82, 2.24) is 0 Å². The summed E-state index contributed by atoms with van der Waals surface area (Å²) in [6.07, 6.45) is 3.74. The third-order valence-corrected chi connectivity index (χ3v) is 4.56. The van der Waals surface area contributed by atoms with E-state index in [2.05, 4.69) is 41.2 Å². The summed E-state index contributed by atoms with van der Waals surface area (Å²) in [5.41, 5.74) is 1.67. The van der Waals surface area contributed by atoms with Crippen LogP contribution < -0.4 is 5.32 Å². The molecule has 1 aliphatic rings. The van der Waals surface area contributed by atoms with Gasteiger partial charge in [0.2, 0.25) is 0 Å². The minimum atomic E-state index is 0.489. The third-order valence-electron chi connectivity index (χ3n) is 3.90. The van der Waals surface area contributed by atoms with Gasteiger partial charge in [-0.2, -0.15) is 5.26 Å². The molecule has 3 heteroatoms. The van der Waals surface area contributed by atoms with Gasteiger partial charge in [-0.15, -0.1) is 0 Å². The quantitative estimate of drug-likeness (QED) is 0.869. The summed E-state index contributed by atoms with van der Waals surface area (Å²) in [5, 5.41) is 12.8. The van der Waals surface area contributed by atoms with Crippen molar-refractivity contribution < 1.29 is 0 Å². The zero-order valence-electron chi connectivity index (χ0n) is 10.9. The van der Waals surface area contributed by atoms with Crippen LogP contribution in [0.15, 0.2) is 22.7 Å². The number of nitrogens with zero attached hydrogens (tertiary/aromatic N) is 1. The summed E-state index contributed by atoms with van der Waals surface area (Å²) in [4.78, 5) is 0. The Hall–Kier alpha value is -1.01. The maximum atomic E-state index is 9.22. The molecule has 3 unspecified atom stereocenters. The molecule has 0 radical (unpaired) electrons. The van der Waals surface area contributed by atoms with Gasteiger partial charge < -0.3 is 5.32 Å². The zero-order valence-corrected chi connectivity index (χ0v) is 12.5. The first kappa shape index (κ1) is 13.4. The van der Waals surface area contributed by atoms with Crippen molar-refractivity contribution in [1.29, 1.82) is 5.26 Å². The molecule has 3 atom stereocenters. The largest absolute Gasteiger partial charge is 0.381 e. The van der Waals surface area contributed by atoms with Gasteiger partial charge in [0.05, 0.1) is 11.3 Å². The Morgan fingerprint density at radius 3 is 2.78 bits per heavy atom. The minimum Gasteiger partial charge on any atom is -0.381 e. The number of hydrogen-bond acceptors (Lipinski definition) is 2. The monoisotopic (exact) mass is 306 g/mol. The van der Waals surface area contributed by atoms with Crippen molar-refractivity contribution in [2.75, 3.05) is 5.32 Å². The zero-order chi connectivity index (χ0) is 13.1. The average Bonchev–Trinajstić information content (AvgIpc) is 2.33. The van der Waals surface area contributed by atoms with Gasteiger partial charge in [-0.1, -0.05) is 19.9 Å². The average molecular weight is 307 g/mol. The SMILES string of the molecule is CC1CCC(Nc2cccc(Br)c2C#N)C(C)C1. The van der Waals surface area contributed by atoms with E-state index >= 15 is 0 Å². The number of halogens is 1. The van der Waals surface area contributed by atoms with Crippen molar-refractivity contribution in [3.63, 3.8) is 0 Å². The highest BCUT2D eigenvalue weighted by Crippen LogP contribution is 2.32. The second kappa shape index (κ2) is 5.75. The van der Waals surface area contributed by atoms with Gasteiger partial charge in [0, 0.05) is 10.5 Å². The van der Waals surface area contributed by atoms with Crippen LogP contribution in [0.1, 0.15) is 38.7 Å². The van der Waals surface area contributed by atoms with Gasteiger partial charge in [-0.3, -0.25) is 0 Å². The maximum Gasteiger partial charge on any atom is 0.103 e. The molecule has 0 amide bonds. The lowest BCUT2D eigenvalue weighted by Gasteiger charge is -2.34. The van der Waals surface area contributed by atoms with Crippen LogP contribution in [0.2, 0.25) is 0 Å². The molecular weight excluding hydrogens is 288 g/mol. The van der Waals surface area contributed by atoms with E-state index in [1.807, 2.05) is 18.2 Å². The summed E-state index contributed by atoms with van der Waals surface area (Å²) in [5.74, 6) is 1.50. The van der Waals surface area contributed by atoms with Crippen LogP contribution >= 0.6 is 15.9 Å². The van der Waals surface area contributed by atoms with Crippen LogP contribution in [-0.4, -0.2) is 6.04 Å². The lowest BCUT2D eigenvalue weighted by molar-refractivity contribution is 0.276. The number of nitrogens with one attached hydrogen (secondary N) is 1. The van der Waals surface area contributed by atoms with E-state index in [0.29, 0.717) is 17.5 Å². The molecule has 96 valence electrons. The molecule has 0 aromatic heterocycles. The molecule has 0 spiro atoms. The van der Waals surface area contributed by atoms with Crippen LogP contribution in [0, 0.1) is 23.2 Å². The fourth-order valence-electron chi connectivity index (χ4n) is 2.84. The smallest absolute Gasteiger partial charge is 0.103 e. The van der Waals surface area contributed by atoms with E-state index in [1.54, 1.807) is 0 Å². The molecule has 1 aliphatic carbocycles. The Labute approximate surface area is 118 Å². The van der Waals surface area contributed by atoms with E-state index in [1.165, 1.54) is 19.3 Å². The molecule has 0 bridgehead atoms. The van der Waals surface area contributed by atoms with Crippen molar-refractivity contribution >= 4 is 21.6 Å². The van der Waals surface area contributed by atoms with E-state index in [4.69, 9.17) is 0 Å². The Kier molecular flexibility index (Phi) is 4.29. The topological polar surface area (TPSA) is 35.8 Å². The second-order valence-corrected chi connectivity index (χ2v) is 6.27. The Bertz CT molecular complexity index is 464. The lowest BCUT2D eigenvalue weighted by Crippen LogP contribution is -2.33. The Balaban J connectivity index is 2.15. The number of anilines is 1. The van der Waals surface area contributed by atoms with Gasteiger partial charge in [0.25, 0.3) is 0 Å². The predicted octanol–water partition coefficient (Wildman–Crippen LogP) is 4.56. The van der Waals surface area contributed by atoms with Crippen LogP contribution in [0.25, 0.3) is 0 Å². The third kappa shape index (κ3) is 2.87. The molecule has 0 heterocycles. The van der Waals surface area contributed by atoms with Crippen LogP contribution in [0.4, 0.5) is 5.69 Å². The predicted molar refractivity (Wildman–Crippen MR) is 78.4 cm³/mol. The molecule has 1 saturated carbocycles. The summed E-state index contributed by atoms with van der Waals surface area (Å²) < 4.78 is 0.867. The fraction of sp³-hybridized carbons (Fsp3) is 0.533. The molecule has 2 nitrogen and oxygen atoms in total. The first-order chi connectivity index (χ1) is 8.61.